The van der Waals surface area contributed by atoms with Gasteiger partial charge in [0.15, 0.2) is 0 Å². The third-order valence-electron chi connectivity index (χ3n) is 2.48. The number of hydrogen-bond donors (Lipinski definition) is 0. The van der Waals surface area contributed by atoms with Gasteiger partial charge in [0, 0.05) is 25.7 Å². The van der Waals surface area contributed by atoms with E-state index in [4.69, 9.17) is 4.74 Å². The van der Waals surface area contributed by atoms with Crippen LogP contribution in [-0.4, -0.2) is 28.0 Å². The van der Waals surface area contributed by atoms with Crippen molar-refractivity contribution in [3.63, 3.8) is 0 Å². The van der Waals surface area contributed by atoms with Crippen molar-refractivity contribution in [2.75, 3.05) is 13.2 Å². The van der Waals surface area contributed by atoms with Crippen LogP contribution in [-0.2, 0) is 11.2 Å². The van der Waals surface area contributed by atoms with Gasteiger partial charge in [0.05, 0.1) is 0 Å². The number of aromatic nitrogens is 3. The molecule has 4 heteroatoms. The molecule has 0 saturated heterocycles. The Hall–Kier alpha value is -0.900. The molecule has 1 aromatic heterocycles. The van der Waals surface area contributed by atoms with E-state index in [9.17, 15) is 0 Å². The molecule has 0 aliphatic heterocycles. The fourth-order valence-corrected chi connectivity index (χ4v) is 1.58. The molecule has 0 amide bonds. The van der Waals surface area contributed by atoms with Crippen LogP contribution in [0.2, 0.25) is 0 Å². The highest BCUT2D eigenvalue weighted by molar-refractivity contribution is 4.94. The predicted octanol–water partition coefficient (Wildman–Crippen LogP) is 1.58. The van der Waals surface area contributed by atoms with Gasteiger partial charge in [-0.2, -0.15) is 0 Å². The smallest absolute Gasteiger partial charge is 0.133 e. The molecule has 1 aliphatic rings. The number of aryl methyl sites for hydroxylation is 1. The Morgan fingerprint density at radius 2 is 2.43 bits per heavy atom. The lowest BCUT2D eigenvalue weighted by Gasteiger charge is -2.04. The fourth-order valence-electron chi connectivity index (χ4n) is 1.58. The summed E-state index contributed by atoms with van der Waals surface area (Å²) in [5.74, 6) is 1.12. The highest BCUT2D eigenvalue weighted by Gasteiger charge is 2.25. The van der Waals surface area contributed by atoms with Gasteiger partial charge in [-0.1, -0.05) is 0 Å². The van der Waals surface area contributed by atoms with Crippen LogP contribution in [0.4, 0.5) is 0 Å². The molecule has 0 aromatic carbocycles. The van der Waals surface area contributed by atoms with Crippen LogP contribution >= 0.6 is 0 Å². The zero-order valence-corrected chi connectivity index (χ0v) is 8.65. The number of hydrogen-bond acceptors (Lipinski definition) is 3. The molecule has 0 N–H and O–H groups in total. The van der Waals surface area contributed by atoms with Crippen LogP contribution in [0.3, 0.4) is 0 Å². The first kappa shape index (κ1) is 9.65. The molecular formula is C10H17N3O. The summed E-state index contributed by atoms with van der Waals surface area (Å²) in [5.41, 5.74) is 0. The van der Waals surface area contributed by atoms with Crippen molar-refractivity contribution in [1.29, 1.82) is 0 Å². The van der Waals surface area contributed by atoms with Crippen LogP contribution in [0, 0.1) is 0 Å². The Balaban J connectivity index is 1.80. The minimum atomic E-state index is 0.687. The van der Waals surface area contributed by atoms with Gasteiger partial charge in [0.1, 0.15) is 12.2 Å². The van der Waals surface area contributed by atoms with Crippen molar-refractivity contribution in [2.45, 2.75) is 38.6 Å². The van der Waals surface area contributed by atoms with E-state index < -0.39 is 0 Å². The van der Waals surface area contributed by atoms with Crippen molar-refractivity contribution in [3.8, 4) is 0 Å². The van der Waals surface area contributed by atoms with Gasteiger partial charge >= 0.3 is 0 Å². The monoisotopic (exact) mass is 195 g/mol. The normalized spacial score (nSPS) is 16.1. The van der Waals surface area contributed by atoms with Crippen LogP contribution in [0.5, 0.6) is 0 Å². The summed E-state index contributed by atoms with van der Waals surface area (Å²) in [6.45, 7) is 3.65. The zero-order chi connectivity index (χ0) is 9.80. The molecular weight excluding hydrogens is 178 g/mol. The van der Waals surface area contributed by atoms with Gasteiger partial charge in [-0.05, 0) is 26.2 Å². The van der Waals surface area contributed by atoms with E-state index in [1.807, 2.05) is 13.3 Å². The summed E-state index contributed by atoms with van der Waals surface area (Å²) in [5, 5.41) is 8.09. The van der Waals surface area contributed by atoms with E-state index in [-0.39, 0.29) is 0 Å². The Labute approximate surface area is 84.3 Å². The summed E-state index contributed by atoms with van der Waals surface area (Å²) in [4.78, 5) is 0. The molecule has 0 spiro atoms. The molecule has 1 aliphatic carbocycles. The van der Waals surface area contributed by atoms with Crippen LogP contribution in [0.15, 0.2) is 6.33 Å². The molecule has 0 bridgehead atoms. The van der Waals surface area contributed by atoms with E-state index in [0.29, 0.717) is 6.04 Å². The van der Waals surface area contributed by atoms with E-state index >= 15 is 0 Å². The lowest BCUT2D eigenvalue weighted by molar-refractivity contribution is 0.144. The minimum absolute atomic E-state index is 0.687. The quantitative estimate of drug-likeness (QED) is 0.647. The number of rotatable bonds is 6. The molecule has 1 aromatic rings. The SMILES string of the molecule is CCOCCCc1nncn1C1CC1. The second kappa shape index (κ2) is 4.55. The predicted molar refractivity (Wildman–Crippen MR) is 53.1 cm³/mol. The first-order valence-electron chi connectivity index (χ1n) is 5.38. The Kier molecular flexibility index (Phi) is 3.14. The van der Waals surface area contributed by atoms with Crippen LogP contribution < -0.4 is 0 Å². The van der Waals surface area contributed by atoms with Gasteiger partial charge in [-0.15, -0.1) is 10.2 Å². The molecule has 4 nitrogen and oxygen atoms in total. The fraction of sp³-hybridized carbons (Fsp3) is 0.800. The van der Waals surface area contributed by atoms with E-state index in [1.165, 1.54) is 12.8 Å². The van der Waals surface area contributed by atoms with Crippen molar-refractivity contribution in [2.24, 2.45) is 0 Å². The molecule has 1 fully saturated rings. The van der Waals surface area contributed by atoms with Crippen molar-refractivity contribution < 1.29 is 4.74 Å². The Bertz CT molecular complexity index is 281. The average Bonchev–Trinajstić information content (AvgIpc) is 2.94. The molecule has 14 heavy (non-hydrogen) atoms. The lowest BCUT2D eigenvalue weighted by Crippen LogP contribution is -2.03. The third-order valence-corrected chi connectivity index (χ3v) is 2.48. The Morgan fingerprint density at radius 3 is 3.14 bits per heavy atom. The summed E-state index contributed by atoms with van der Waals surface area (Å²) in [7, 11) is 0. The second-order valence-corrected chi connectivity index (χ2v) is 3.69. The standard InChI is InChI=1S/C10H17N3O/c1-2-14-7-3-4-10-12-11-8-13(10)9-5-6-9/h8-9H,2-7H2,1H3. The topological polar surface area (TPSA) is 39.9 Å². The van der Waals surface area contributed by atoms with Gasteiger partial charge in [-0.3, -0.25) is 0 Å². The summed E-state index contributed by atoms with van der Waals surface area (Å²) >= 11 is 0. The number of nitrogens with zero attached hydrogens (tertiary/aromatic N) is 3. The van der Waals surface area contributed by atoms with Crippen molar-refractivity contribution >= 4 is 0 Å². The van der Waals surface area contributed by atoms with Crippen LogP contribution in [0.25, 0.3) is 0 Å². The van der Waals surface area contributed by atoms with Gasteiger partial charge < -0.3 is 9.30 Å². The highest BCUT2D eigenvalue weighted by atomic mass is 16.5. The van der Waals surface area contributed by atoms with Gasteiger partial charge in [0.2, 0.25) is 0 Å². The van der Waals surface area contributed by atoms with E-state index in [0.717, 1.165) is 31.9 Å². The maximum atomic E-state index is 5.29. The van der Waals surface area contributed by atoms with Crippen molar-refractivity contribution in [3.05, 3.63) is 12.2 Å². The zero-order valence-electron chi connectivity index (χ0n) is 8.65. The summed E-state index contributed by atoms with van der Waals surface area (Å²) in [6.07, 6.45) is 6.45. The molecule has 2 rings (SSSR count). The van der Waals surface area contributed by atoms with Crippen molar-refractivity contribution in [1.82, 2.24) is 14.8 Å². The van der Waals surface area contributed by atoms with Crippen LogP contribution in [0.1, 0.15) is 38.1 Å². The summed E-state index contributed by atoms with van der Waals surface area (Å²) < 4.78 is 7.50. The Morgan fingerprint density at radius 1 is 1.57 bits per heavy atom. The lowest BCUT2D eigenvalue weighted by atomic mass is 10.3. The second-order valence-electron chi connectivity index (χ2n) is 3.69. The average molecular weight is 195 g/mol. The molecule has 0 unspecified atom stereocenters. The molecule has 0 radical (unpaired) electrons. The third kappa shape index (κ3) is 2.32. The molecule has 1 saturated carbocycles. The molecule has 78 valence electrons. The summed E-state index contributed by atoms with van der Waals surface area (Å²) in [6, 6.07) is 0.687. The van der Waals surface area contributed by atoms with E-state index in [1.54, 1.807) is 0 Å². The van der Waals surface area contributed by atoms with Gasteiger partial charge in [-0.25, -0.2) is 0 Å². The first-order chi connectivity index (χ1) is 6.92. The first-order valence-corrected chi connectivity index (χ1v) is 5.38. The maximum Gasteiger partial charge on any atom is 0.133 e. The number of ether oxygens (including phenoxy) is 1. The molecule has 0 atom stereocenters. The van der Waals surface area contributed by atoms with E-state index in [2.05, 4.69) is 14.8 Å². The molecule has 1 heterocycles. The maximum absolute atomic E-state index is 5.29. The van der Waals surface area contributed by atoms with Gasteiger partial charge in [0.25, 0.3) is 0 Å². The minimum Gasteiger partial charge on any atom is -0.382 e. The largest absolute Gasteiger partial charge is 0.382 e. The highest BCUT2D eigenvalue weighted by Crippen LogP contribution is 2.35.